The Morgan fingerprint density at radius 3 is 2.71 bits per heavy atom. The average Bonchev–Trinajstić information content (AvgIpc) is 2.50. The highest BCUT2D eigenvalue weighted by atomic mass is 16.5. The lowest BCUT2D eigenvalue weighted by Gasteiger charge is -2.19. The van der Waals surface area contributed by atoms with E-state index in [0.717, 1.165) is 18.7 Å². The van der Waals surface area contributed by atoms with Crippen molar-refractivity contribution in [3.8, 4) is 5.88 Å². The second kappa shape index (κ2) is 7.18. The van der Waals surface area contributed by atoms with Crippen molar-refractivity contribution in [3.05, 3.63) is 53.0 Å². The highest BCUT2D eigenvalue weighted by Crippen LogP contribution is 2.21. The van der Waals surface area contributed by atoms with Crippen LogP contribution in [-0.4, -0.2) is 23.6 Å². The number of methoxy groups -OCH3 is 1. The fraction of sp³-hybridized carbons (Fsp3) is 0.412. The second-order valence-electron chi connectivity index (χ2n) is 5.23. The lowest BCUT2D eigenvalue weighted by atomic mass is 9.97. The van der Waals surface area contributed by atoms with Crippen molar-refractivity contribution in [2.45, 2.75) is 33.2 Å². The molecule has 112 valence electrons. The van der Waals surface area contributed by atoms with Gasteiger partial charge < -0.3 is 10.1 Å². The van der Waals surface area contributed by atoms with Gasteiger partial charge in [0.2, 0.25) is 5.88 Å². The fourth-order valence-electron chi connectivity index (χ4n) is 2.42. The molecule has 21 heavy (non-hydrogen) atoms. The van der Waals surface area contributed by atoms with Crippen LogP contribution >= 0.6 is 0 Å². The highest BCUT2D eigenvalue weighted by molar-refractivity contribution is 5.32. The summed E-state index contributed by atoms with van der Waals surface area (Å²) in [6.45, 7) is 7.27. The van der Waals surface area contributed by atoms with Crippen molar-refractivity contribution < 1.29 is 4.74 Å². The monoisotopic (exact) mass is 285 g/mol. The first-order chi connectivity index (χ1) is 10.1. The smallest absolute Gasteiger partial charge is 0.216 e. The van der Waals surface area contributed by atoms with Gasteiger partial charge in [-0.1, -0.05) is 30.7 Å². The van der Waals surface area contributed by atoms with Crippen LogP contribution in [0.25, 0.3) is 0 Å². The molecule has 0 radical (unpaired) electrons. The van der Waals surface area contributed by atoms with Gasteiger partial charge in [0.15, 0.2) is 0 Å². The third-order valence-corrected chi connectivity index (χ3v) is 3.61. The third kappa shape index (κ3) is 4.02. The van der Waals surface area contributed by atoms with E-state index in [1.807, 2.05) is 6.07 Å². The molecule has 0 aliphatic rings. The summed E-state index contributed by atoms with van der Waals surface area (Å²) in [4.78, 5) is 8.48. The number of nitrogens with zero attached hydrogens (tertiary/aromatic N) is 2. The molecule has 4 nitrogen and oxygen atoms in total. The summed E-state index contributed by atoms with van der Waals surface area (Å²) in [5, 5.41) is 3.50. The van der Waals surface area contributed by atoms with E-state index in [2.05, 4.69) is 54.3 Å². The van der Waals surface area contributed by atoms with Crippen LogP contribution < -0.4 is 10.1 Å². The second-order valence-corrected chi connectivity index (χ2v) is 5.23. The van der Waals surface area contributed by atoms with Gasteiger partial charge in [-0.15, -0.1) is 0 Å². The van der Waals surface area contributed by atoms with Crippen molar-refractivity contribution in [1.82, 2.24) is 15.3 Å². The number of aromatic nitrogens is 2. The summed E-state index contributed by atoms with van der Waals surface area (Å²) in [6, 6.07) is 8.63. The number of likely N-dealkylation sites (N-methyl/N-ethyl adjacent to an activating group) is 1. The fourth-order valence-corrected chi connectivity index (χ4v) is 2.42. The zero-order chi connectivity index (χ0) is 15.2. The first-order valence-electron chi connectivity index (χ1n) is 7.29. The molecular formula is C17H23N3O. The number of rotatable bonds is 6. The highest BCUT2D eigenvalue weighted by Gasteiger charge is 2.15. The molecule has 0 aliphatic heterocycles. The van der Waals surface area contributed by atoms with E-state index in [-0.39, 0.29) is 6.04 Å². The Balaban J connectivity index is 2.28. The van der Waals surface area contributed by atoms with Crippen LogP contribution in [0.1, 0.15) is 35.3 Å². The van der Waals surface area contributed by atoms with Gasteiger partial charge in [-0.2, -0.15) is 0 Å². The molecule has 0 saturated heterocycles. The molecular weight excluding hydrogens is 262 g/mol. The topological polar surface area (TPSA) is 47.0 Å². The van der Waals surface area contributed by atoms with Gasteiger partial charge >= 0.3 is 0 Å². The molecule has 1 aromatic carbocycles. The van der Waals surface area contributed by atoms with Crippen molar-refractivity contribution in [2.75, 3.05) is 13.7 Å². The predicted molar refractivity (Wildman–Crippen MR) is 84.6 cm³/mol. The SMILES string of the molecule is CCNC(Cc1cc(C)ccc1C)c1cc(OC)ncn1. The van der Waals surface area contributed by atoms with Gasteiger partial charge in [0.05, 0.1) is 18.8 Å². The Kier molecular flexibility index (Phi) is 5.28. The molecule has 0 spiro atoms. The van der Waals surface area contributed by atoms with E-state index in [0.29, 0.717) is 5.88 Å². The molecule has 0 saturated carbocycles. The first-order valence-corrected chi connectivity index (χ1v) is 7.29. The molecule has 0 aliphatic carbocycles. The van der Waals surface area contributed by atoms with E-state index in [1.165, 1.54) is 16.7 Å². The van der Waals surface area contributed by atoms with Crippen LogP contribution in [0.15, 0.2) is 30.6 Å². The van der Waals surface area contributed by atoms with Crippen molar-refractivity contribution in [3.63, 3.8) is 0 Å². The summed E-state index contributed by atoms with van der Waals surface area (Å²) in [5.74, 6) is 0.601. The summed E-state index contributed by atoms with van der Waals surface area (Å²) in [7, 11) is 1.62. The van der Waals surface area contributed by atoms with Gasteiger partial charge in [-0.25, -0.2) is 9.97 Å². The maximum absolute atomic E-state index is 5.20. The minimum Gasteiger partial charge on any atom is -0.481 e. The molecule has 0 amide bonds. The standard InChI is InChI=1S/C17H23N3O/c1-5-18-15(16-10-17(21-4)20-11-19-16)9-14-8-12(2)6-7-13(14)3/h6-8,10-11,15,18H,5,9H2,1-4H3. The van der Waals surface area contributed by atoms with Gasteiger partial charge in [-0.05, 0) is 37.9 Å². The molecule has 1 aromatic heterocycles. The Hall–Kier alpha value is -1.94. The molecule has 2 aromatic rings. The molecule has 1 atom stereocenters. The number of ether oxygens (including phenoxy) is 1. The molecule has 1 unspecified atom stereocenters. The Labute approximate surface area is 126 Å². The molecule has 0 fully saturated rings. The van der Waals surface area contributed by atoms with Gasteiger partial charge in [0.1, 0.15) is 6.33 Å². The summed E-state index contributed by atoms with van der Waals surface area (Å²) in [6.07, 6.45) is 2.46. The van der Waals surface area contributed by atoms with Crippen LogP contribution in [0.3, 0.4) is 0 Å². The van der Waals surface area contributed by atoms with Gasteiger partial charge in [0, 0.05) is 6.07 Å². The number of nitrogens with one attached hydrogen (secondary N) is 1. The summed E-state index contributed by atoms with van der Waals surface area (Å²) >= 11 is 0. The number of benzene rings is 1. The quantitative estimate of drug-likeness (QED) is 0.886. The molecule has 0 bridgehead atoms. The first kappa shape index (κ1) is 15.4. The van der Waals surface area contributed by atoms with E-state index in [1.54, 1.807) is 13.4 Å². The van der Waals surface area contributed by atoms with Crippen LogP contribution in [0.4, 0.5) is 0 Å². The van der Waals surface area contributed by atoms with Crippen LogP contribution in [0.5, 0.6) is 5.88 Å². The molecule has 1 heterocycles. The maximum atomic E-state index is 5.20. The van der Waals surface area contributed by atoms with E-state index in [4.69, 9.17) is 4.74 Å². The zero-order valence-electron chi connectivity index (χ0n) is 13.2. The van der Waals surface area contributed by atoms with Crippen LogP contribution in [-0.2, 0) is 6.42 Å². The third-order valence-electron chi connectivity index (χ3n) is 3.61. The Morgan fingerprint density at radius 2 is 2.00 bits per heavy atom. The van der Waals surface area contributed by atoms with Crippen LogP contribution in [0.2, 0.25) is 0 Å². The number of hydrogen-bond donors (Lipinski definition) is 1. The molecule has 2 rings (SSSR count). The van der Waals surface area contributed by atoms with Crippen LogP contribution in [0, 0.1) is 13.8 Å². The maximum Gasteiger partial charge on any atom is 0.216 e. The van der Waals surface area contributed by atoms with Crippen molar-refractivity contribution >= 4 is 0 Å². The normalized spacial score (nSPS) is 12.2. The van der Waals surface area contributed by atoms with E-state index in [9.17, 15) is 0 Å². The largest absolute Gasteiger partial charge is 0.481 e. The lowest BCUT2D eigenvalue weighted by molar-refractivity contribution is 0.393. The Morgan fingerprint density at radius 1 is 1.19 bits per heavy atom. The molecule has 4 heteroatoms. The van der Waals surface area contributed by atoms with Gasteiger partial charge in [-0.3, -0.25) is 0 Å². The van der Waals surface area contributed by atoms with Crippen molar-refractivity contribution in [2.24, 2.45) is 0 Å². The summed E-state index contributed by atoms with van der Waals surface area (Å²) < 4.78 is 5.20. The average molecular weight is 285 g/mol. The minimum absolute atomic E-state index is 0.160. The van der Waals surface area contributed by atoms with Gasteiger partial charge in [0.25, 0.3) is 0 Å². The zero-order valence-corrected chi connectivity index (χ0v) is 13.2. The van der Waals surface area contributed by atoms with E-state index < -0.39 is 0 Å². The molecule has 1 N–H and O–H groups in total. The summed E-state index contributed by atoms with van der Waals surface area (Å²) in [5.41, 5.74) is 4.90. The number of aryl methyl sites for hydroxylation is 2. The lowest BCUT2D eigenvalue weighted by Crippen LogP contribution is -2.24. The van der Waals surface area contributed by atoms with E-state index >= 15 is 0 Å². The predicted octanol–water partition coefficient (Wildman–Crippen LogP) is 3.00. The van der Waals surface area contributed by atoms with Crippen molar-refractivity contribution in [1.29, 1.82) is 0 Å². The minimum atomic E-state index is 0.160. The number of hydrogen-bond acceptors (Lipinski definition) is 4. The Bertz CT molecular complexity index is 598.